The largest absolute Gasteiger partial charge is 0.353 e. The zero-order valence-corrected chi connectivity index (χ0v) is 12.8. The molecule has 1 aliphatic heterocycles. The van der Waals surface area contributed by atoms with Gasteiger partial charge in [0.05, 0.1) is 0 Å². The molecule has 23 heavy (non-hydrogen) atoms. The maximum Gasteiger partial charge on any atom is 0.317 e. The van der Waals surface area contributed by atoms with Gasteiger partial charge in [-0.05, 0) is 18.2 Å². The lowest BCUT2D eigenvalue weighted by molar-refractivity contribution is 0.193. The number of pyridine rings is 1. The summed E-state index contributed by atoms with van der Waals surface area (Å²) in [6.45, 7) is 2.93. The van der Waals surface area contributed by atoms with Crippen molar-refractivity contribution in [3.8, 4) is 0 Å². The number of urea groups is 1. The number of hydrogen-bond donors (Lipinski definition) is 1. The third-order valence-electron chi connectivity index (χ3n) is 3.93. The van der Waals surface area contributed by atoms with Gasteiger partial charge in [0.2, 0.25) is 0 Å². The van der Waals surface area contributed by atoms with Crippen molar-refractivity contribution in [2.24, 2.45) is 0 Å². The van der Waals surface area contributed by atoms with Gasteiger partial charge < -0.3 is 15.1 Å². The Bertz CT molecular complexity index is 657. The first kappa shape index (κ1) is 15.3. The van der Waals surface area contributed by atoms with E-state index in [0.29, 0.717) is 18.7 Å². The third kappa shape index (κ3) is 3.77. The van der Waals surface area contributed by atoms with Gasteiger partial charge in [0.15, 0.2) is 0 Å². The standard InChI is InChI=1S/C17H19FN4O/c18-15-6-2-1-5-14(15)13-20-17(23)22-11-9-21(10-12-22)16-7-3-4-8-19-16/h1-8H,9-13H2,(H,20,23). The fourth-order valence-corrected chi connectivity index (χ4v) is 2.60. The Balaban J connectivity index is 1.50. The highest BCUT2D eigenvalue weighted by molar-refractivity contribution is 5.74. The smallest absolute Gasteiger partial charge is 0.317 e. The Morgan fingerprint density at radius 3 is 2.52 bits per heavy atom. The van der Waals surface area contributed by atoms with Crippen molar-refractivity contribution < 1.29 is 9.18 Å². The topological polar surface area (TPSA) is 48.5 Å². The second-order valence-corrected chi connectivity index (χ2v) is 5.41. The molecule has 5 nitrogen and oxygen atoms in total. The molecule has 2 heterocycles. The summed E-state index contributed by atoms with van der Waals surface area (Å²) in [7, 11) is 0. The van der Waals surface area contributed by atoms with Crippen LogP contribution in [0.2, 0.25) is 0 Å². The predicted octanol–water partition coefficient (Wildman–Crippen LogP) is 2.25. The molecule has 0 saturated carbocycles. The van der Waals surface area contributed by atoms with E-state index in [1.54, 1.807) is 29.3 Å². The molecule has 2 aromatic rings. The number of nitrogens with zero attached hydrogens (tertiary/aromatic N) is 3. The normalized spacial score (nSPS) is 14.7. The third-order valence-corrected chi connectivity index (χ3v) is 3.93. The van der Waals surface area contributed by atoms with Crippen LogP contribution < -0.4 is 10.2 Å². The van der Waals surface area contributed by atoms with Crippen molar-refractivity contribution in [3.63, 3.8) is 0 Å². The first-order chi connectivity index (χ1) is 11.2. The van der Waals surface area contributed by atoms with Gasteiger partial charge in [-0.3, -0.25) is 0 Å². The Labute approximate surface area is 134 Å². The number of anilines is 1. The average molecular weight is 314 g/mol. The number of rotatable bonds is 3. The van der Waals surface area contributed by atoms with Gasteiger partial charge in [0, 0.05) is 44.5 Å². The Morgan fingerprint density at radius 2 is 1.83 bits per heavy atom. The summed E-state index contributed by atoms with van der Waals surface area (Å²) in [4.78, 5) is 20.4. The number of hydrogen-bond acceptors (Lipinski definition) is 3. The summed E-state index contributed by atoms with van der Waals surface area (Å²) in [6, 6.07) is 12.1. The zero-order chi connectivity index (χ0) is 16.1. The molecular formula is C17H19FN4O. The molecule has 1 N–H and O–H groups in total. The molecular weight excluding hydrogens is 295 g/mol. The van der Waals surface area contributed by atoms with Crippen molar-refractivity contribution in [2.45, 2.75) is 6.54 Å². The van der Waals surface area contributed by atoms with Gasteiger partial charge in [-0.2, -0.15) is 0 Å². The van der Waals surface area contributed by atoms with Gasteiger partial charge in [-0.25, -0.2) is 14.2 Å². The van der Waals surface area contributed by atoms with Crippen LogP contribution in [0.25, 0.3) is 0 Å². The number of nitrogens with one attached hydrogen (secondary N) is 1. The second kappa shape index (κ2) is 7.09. The maximum absolute atomic E-state index is 13.5. The molecule has 0 atom stereocenters. The molecule has 2 amide bonds. The molecule has 0 spiro atoms. The SMILES string of the molecule is O=C(NCc1ccccc1F)N1CCN(c2ccccn2)CC1. The maximum atomic E-state index is 13.5. The van der Waals surface area contributed by atoms with E-state index in [9.17, 15) is 9.18 Å². The quantitative estimate of drug-likeness (QED) is 0.945. The molecule has 0 radical (unpaired) electrons. The minimum Gasteiger partial charge on any atom is -0.353 e. The van der Waals surface area contributed by atoms with Crippen molar-refractivity contribution in [2.75, 3.05) is 31.1 Å². The Hall–Kier alpha value is -2.63. The van der Waals surface area contributed by atoms with Gasteiger partial charge in [-0.15, -0.1) is 0 Å². The van der Waals surface area contributed by atoms with Crippen LogP contribution >= 0.6 is 0 Å². The van der Waals surface area contributed by atoms with Crippen molar-refractivity contribution >= 4 is 11.8 Å². The van der Waals surface area contributed by atoms with E-state index < -0.39 is 0 Å². The highest BCUT2D eigenvalue weighted by atomic mass is 19.1. The fraction of sp³-hybridized carbons (Fsp3) is 0.294. The van der Waals surface area contributed by atoms with Crippen molar-refractivity contribution in [3.05, 3.63) is 60.0 Å². The molecule has 1 fully saturated rings. The summed E-state index contributed by atoms with van der Waals surface area (Å²) >= 11 is 0. The first-order valence-electron chi connectivity index (χ1n) is 7.66. The fourth-order valence-electron chi connectivity index (χ4n) is 2.60. The number of aromatic nitrogens is 1. The number of carbonyl (C=O) groups is 1. The molecule has 1 saturated heterocycles. The zero-order valence-electron chi connectivity index (χ0n) is 12.8. The van der Waals surface area contributed by atoms with Crippen LogP contribution in [0.15, 0.2) is 48.7 Å². The summed E-state index contributed by atoms with van der Waals surface area (Å²) in [5.41, 5.74) is 0.493. The molecule has 6 heteroatoms. The van der Waals surface area contributed by atoms with Crippen LogP contribution in [0, 0.1) is 5.82 Å². The van der Waals surface area contributed by atoms with Crippen LogP contribution in [0.5, 0.6) is 0 Å². The molecule has 120 valence electrons. The number of carbonyl (C=O) groups excluding carboxylic acids is 1. The van der Waals surface area contributed by atoms with E-state index in [1.165, 1.54) is 6.07 Å². The van der Waals surface area contributed by atoms with Crippen LogP contribution in [0.1, 0.15) is 5.56 Å². The number of piperazine rings is 1. The Kier molecular flexibility index (Phi) is 4.71. The van der Waals surface area contributed by atoms with E-state index in [-0.39, 0.29) is 18.4 Å². The summed E-state index contributed by atoms with van der Waals surface area (Å²) < 4.78 is 13.5. The molecule has 0 bridgehead atoms. The van der Waals surface area contributed by atoms with Crippen molar-refractivity contribution in [1.29, 1.82) is 0 Å². The van der Waals surface area contributed by atoms with Crippen LogP contribution in [-0.2, 0) is 6.54 Å². The molecule has 0 aliphatic carbocycles. The monoisotopic (exact) mass is 314 g/mol. The lowest BCUT2D eigenvalue weighted by atomic mass is 10.2. The number of amides is 2. The summed E-state index contributed by atoms with van der Waals surface area (Å²) in [5, 5.41) is 2.78. The first-order valence-corrected chi connectivity index (χ1v) is 7.66. The van der Waals surface area contributed by atoms with E-state index in [1.807, 2.05) is 18.2 Å². The minimum atomic E-state index is -0.298. The molecule has 3 rings (SSSR count). The van der Waals surface area contributed by atoms with Crippen LogP contribution in [0.3, 0.4) is 0 Å². The van der Waals surface area contributed by atoms with E-state index >= 15 is 0 Å². The summed E-state index contributed by atoms with van der Waals surface area (Å²) in [6.07, 6.45) is 1.77. The van der Waals surface area contributed by atoms with Gasteiger partial charge in [0.1, 0.15) is 11.6 Å². The number of benzene rings is 1. The molecule has 1 aliphatic rings. The summed E-state index contributed by atoms with van der Waals surface area (Å²) in [5.74, 6) is 0.631. The lowest BCUT2D eigenvalue weighted by Gasteiger charge is -2.35. The van der Waals surface area contributed by atoms with Crippen LogP contribution in [0.4, 0.5) is 15.0 Å². The highest BCUT2D eigenvalue weighted by Gasteiger charge is 2.21. The van der Waals surface area contributed by atoms with E-state index in [0.717, 1.165) is 18.9 Å². The average Bonchev–Trinajstić information content (AvgIpc) is 2.62. The molecule has 1 aromatic carbocycles. The van der Waals surface area contributed by atoms with E-state index in [4.69, 9.17) is 0 Å². The van der Waals surface area contributed by atoms with Gasteiger partial charge in [-0.1, -0.05) is 24.3 Å². The lowest BCUT2D eigenvalue weighted by Crippen LogP contribution is -2.51. The molecule has 0 unspecified atom stereocenters. The van der Waals surface area contributed by atoms with E-state index in [2.05, 4.69) is 15.2 Å². The Morgan fingerprint density at radius 1 is 1.09 bits per heavy atom. The predicted molar refractivity (Wildman–Crippen MR) is 86.7 cm³/mol. The number of halogens is 1. The van der Waals surface area contributed by atoms with Crippen LogP contribution in [-0.4, -0.2) is 42.1 Å². The minimum absolute atomic E-state index is 0.158. The highest BCUT2D eigenvalue weighted by Crippen LogP contribution is 2.12. The van der Waals surface area contributed by atoms with Gasteiger partial charge in [0.25, 0.3) is 0 Å². The van der Waals surface area contributed by atoms with Crippen molar-refractivity contribution in [1.82, 2.24) is 15.2 Å². The second-order valence-electron chi connectivity index (χ2n) is 5.41. The molecule has 1 aromatic heterocycles. The van der Waals surface area contributed by atoms with Gasteiger partial charge >= 0.3 is 6.03 Å².